The van der Waals surface area contributed by atoms with E-state index in [9.17, 15) is 0 Å². The van der Waals surface area contributed by atoms with E-state index in [1.54, 1.807) is 14.2 Å². The Kier molecular flexibility index (Phi) is 4.40. The highest BCUT2D eigenvalue weighted by molar-refractivity contribution is 6.11. The Bertz CT molecular complexity index is 1200. The molecule has 134 valence electrons. The molecule has 0 aliphatic rings. The second-order valence-electron chi connectivity index (χ2n) is 6.40. The normalized spacial score (nSPS) is 10.4. The highest BCUT2D eigenvalue weighted by atomic mass is 16.5. The van der Waals surface area contributed by atoms with Crippen molar-refractivity contribution in [3.8, 4) is 47.3 Å². The Morgan fingerprint density at radius 2 is 1.04 bits per heavy atom. The van der Waals surface area contributed by atoms with Gasteiger partial charge in [0.15, 0.2) is 0 Å². The molecule has 4 aromatic carbocycles. The molecule has 0 amide bonds. The molecule has 2 heteroatoms. The molecule has 0 bridgehead atoms. The number of benzene rings is 4. The van der Waals surface area contributed by atoms with E-state index in [1.165, 1.54) is 0 Å². The van der Waals surface area contributed by atoms with Gasteiger partial charge in [0.05, 0.1) is 25.3 Å². The van der Waals surface area contributed by atoms with E-state index in [2.05, 4.69) is 24.0 Å². The van der Waals surface area contributed by atoms with Crippen LogP contribution >= 0.6 is 0 Å². The van der Waals surface area contributed by atoms with Crippen LogP contribution in [-0.2, 0) is 0 Å². The number of ether oxygens (including phenoxy) is 2. The van der Waals surface area contributed by atoms with E-state index in [4.69, 9.17) is 22.3 Å². The van der Waals surface area contributed by atoms with Crippen molar-refractivity contribution in [2.45, 2.75) is 0 Å². The molecule has 2 nitrogen and oxygen atoms in total. The smallest absolute Gasteiger partial charge is 0.143 e. The summed E-state index contributed by atoms with van der Waals surface area (Å²) < 4.78 is 11.6. The van der Waals surface area contributed by atoms with Gasteiger partial charge in [-0.25, -0.2) is 0 Å². The van der Waals surface area contributed by atoms with Gasteiger partial charge in [0.25, 0.3) is 0 Å². The fraction of sp³-hybridized carbons (Fsp3) is 0.0769. The zero-order chi connectivity index (χ0) is 19.7. The van der Waals surface area contributed by atoms with Crippen LogP contribution in [0.5, 0.6) is 11.5 Å². The predicted octanol–water partition coefficient (Wildman–Crippen LogP) is 5.64. The van der Waals surface area contributed by atoms with E-state index < -0.39 is 0 Å². The van der Waals surface area contributed by atoms with Crippen molar-refractivity contribution in [1.29, 1.82) is 0 Å². The lowest BCUT2D eigenvalue weighted by atomic mass is 9.89. The maximum absolute atomic E-state index is 5.81. The molecule has 0 radical (unpaired) electrons. The molecule has 28 heavy (non-hydrogen) atoms. The molecule has 0 saturated heterocycles. The third-order valence-electron chi connectivity index (χ3n) is 4.97. The number of rotatable bonds is 3. The van der Waals surface area contributed by atoms with Crippen LogP contribution in [0.1, 0.15) is 11.1 Å². The molecule has 0 spiro atoms. The number of hydrogen-bond acceptors (Lipinski definition) is 2. The Hall–Kier alpha value is -3.88. The van der Waals surface area contributed by atoms with Crippen LogP contribution in [0.15, 0.2) is 60.7 Å². The molecule has 0 N–H and O–H groups in total. The van der Waals surface area contributed by atoms with Gasteiger partial charge in [-0.2, -0.15) is 0 Å². The maximum Gasteiger partial charge on any atom is 0.143 e. The first-order chi connectivity index (χ1) is 13.7. The minimum Gasteiger partial charge on any atom is -0.495 e. The van der Waals surface area contributed by atoms with Crippen molar-refractivity contribution in [2.24, 2.45) is 0 Å². The van der Waals surface area contributed by atoms with Crippen LogP contribution in [0.3, 0.4) is 0 Å². The fourth-order valence-corrected chi connectivity index (χ4v) is 3.79. The minimum atomic E-state index is 0.638. The van der Waals surface area contributed by atoms with Crippen molar-refractivity contribution >= 4 is 21.5 Å². The summed E-state index contributed by atoms with van der Waals surface area (Å²) >= 11 is 0. The first-order valence-electron chi connectivity index (χ1n) is 8.86. The summed E-state index contributed by atoms with van der Waals surface area (Å²) in [5, 5.41) is 4.11. The molecule has 0 aliphatic carbocycles. The lowest BCUT2D eigenvalue weighted by Crippen LogP contribution is -1.99. The lowest BCUT2D eigenvalue weighted by molar-refractivity contribution is 0.410. The van der Waals surface area contributed by atoms with Gasteiger partial charge in [-0.1, -0.05) is 60.4 Å². The summed E-state index contributed by atoms with van der Waals surface area (Å²) in [6.07, 6.45) is 11.6. The Morgan fingerprint density at radius 3 is 1.39 bits per heavy atom. The third-order valence-corrected chi connectivity index (χ3v) is 4.97. The fourth-order valence-electron chi connectivity index (χ4n) is 3.79. The van der Waals surface area contributed by atoms with E-state index in [0.717, 1.165) is 32.7 Å². The predicted molar refractivity (Wildman–Crippen MR) is 116 cm³/mol. The molecule has 0 heterocycles. The van der Waals surface area contributed by atoms with Gasteiger partial charge >= 0.3 is 0 Å². The number of methoxy groups -OCH3 is 2. The Labute approximate surface area is 164 Å². The lowest BCUT2D eigenvalue weighted by Gasteiger charge is -2.20. The summed E-state index contributed by atoms with van der Waals surface area (Å²) in [6.45, 7) is 0. The molecule has 4 rings (SSSR count). The second-order valence-corrected chi connectivity index (χ2v) is 6.40. The van der Waals surface area contributed by atoms with Crippen molar-refractivity contribution < 1.29 is 9.47 Å². The topological polar surface area (TPSA) is 18.5 Å². The largest absolute Gasteiger partial charge is 0.495 e. The van der Waals surface area contributed by atoms with Crippen molar-refractivity contribution in [3.63, 3.8) is 0 Å². The average molecular weight is 362 g/mol. The molecule has 0 unspecified atom stereocenters. The van der Waals surface area contributed by atoms with Gasteiger partial charge in [0.2, 0.25) is 0 Å². The van der Waals surface area contributed by atoms with E-state index in [1.807, 2.05) is 48.5 Å². The molecule has 0 atom stereocenters. The molecule has 0 aliphatic heterocycles. The monoisotopic (exact) mass is 362 g/mol. The van der Waals surface area contributed by atoms with Gasteiger partial charge in [-0.3, -0.25) is 0 Å². The first-order valence-corrected chi connectivity index (χ1v) is 8.86. The summed E-state index contributed by atoms with van der Waals surface area (Å²) in [6, 6.07) is 20.1. The van der Waals surface area contributed by atoms with Gasteiger partial charge in [-0.05, 0) is 33.7 Å². The van der Waals surface area contributed by atoms with Crippen molar-refractivity contribution in [3.05, 3.63) is 71.8 Å². The Morgan fingerprint density at radius 1 is 0.643 bits per heavy atom. The quantitative estimate of drug-likeness (QED) is 0.439. The Balaban J connectivity index is 2.32. The molecular weight excluding hydrogens is 344 g/mol. The van der Waals surface area contributed by atoms with Crippen LogP contribution in [-0.4, -0.2) is 14.2 Å². The van der Waals surface area contributed by atoms with Crippen molar-refractivity contribution in [1.82, 2.24) is 0 Å². The van der Waals surface area contributed by atoms with E-state index >= 15 is 0 Å². The van der Waals surface area contributed by atoms with Gasteiger partial charge in [-0.15, -0.1) is 12.8 Å². The van der Waals surface area contributed by atoms with E-state index in [-0.39, 0.29) is 0 Å². The number of terminal acetylenes is 2. The van der Waals surface area contributed by atoms with Crippen LogP contribution in [0.2, 0.25) is 0 Å². The molecule has 4 aromatic rings. The number of hydrogen-bond donors (Lipinski definition) is 0. The highest BCUT2D eigenvalue weighted by Gasteiger charge is 2.22. The molecule has 0 saturated carbocycles. The summed E-state index contributed by atoms with van der Waals surface area (Å²) in [7, 11) is 3.27. The molecule has 0 fully saturated rings. The summed E-state index contributed by atoms with van der Waals surface area (Å²) in [4.78, 5) is 0. The first kappa shape index (κ1) is 17.5. The second kappa shape index (κ2) is 7.03. The van der Waals surface area contributed by atoms with Crippen LogP contribution in [0.25, 0.3) is 32.7 Å². The zero-order valence-electron chi connectivity index (χ0n) is 15.7. The van der Waals surface area contributed by atoms with Gasteiger partial charge in [0.1, 0.15) is 11.5 Å². The maximum atomic E-state index is 5.81. The van der Waals surface area contributed by atoms with Crippen LogP contribution in [0.4, 0.5) is 0 Å². The van der Waals surface area contributed by atoms with Crippen LogP contribution < -0.4 is 9.47 Å². The van der Waals surface area contributed by atoms with Crippen molar-refractivity contribution in [2.75, 3.05) is 14.2 Å². The van der Waals surface area contributed by atoms with E-state index in [0.29, 0.717) is 22.6 Å². The highest BCUT2D eigenvalue weighted by Crippen LogP contribution is 2.47. The standard InChI is InChI=1S/C26H18O2/c1-5-17-15-19-11-7-9-13-21(19)23(25(17)27-3)24-22-14-10-8-12-20(22)16-18(6-2)26(24)28-4/h1-2,7-16H,3-4H3. The van der Waals surface area contributed by atoms with Crippen LogP contribution in [0, 0.1) is 24.7 Å². The molecule has 0 aromatic heterocycles. The zero-order valence-corrected chi connectivity index (χ0v) is 15.7. The third kappa shape index (κ3) is 2.56. The summed E-state index contributed by atoms with van der Waals surface area (Å²) in [5.74, 6) is 6.79. The molecular formula is C26H18O2. The average Bonchev–Trinajstić information content (AvgIpc) is 2.76. The van der Waals surface area contributed by atoms with Gasteiger partial charge in [0, 0.05) is 11.1 Å². The summed E-state index contributed by atoms with van der Waals surface area (Å²) in [5.41, 5.74) is 3.15. The minimum absolute atomic E-state index is 0.638. The number of fused-ring (bicyclic) bond motifs is 2. The SMILES string of the molecule is C#Cc1cc2ccccc2c(-c2c(OC)c(C#C)cc3ccccc23)c1OC. The van der Waals surface area contributed by atoms with Gasteiger partial charge < -0.3 is 9.47 Å².